The molecular weight excluding hydrogens is 240 g/mol. The zero-order valence-electron chi connectivity index (χ0n) is 8.63. The number of hydrogen-bond acceptors (Lipinski definition) is 8. The van der Waals surface area contributed by atoms with Gasteiger partial charge in [0.25, 0.3) is 5.79 Å². The molecule has 1 rings (SSSR count). The fourth-order valence-corrected chi connectivity index (χ4v) is 1.58. The molecule has 9 nitrogen and oxygen atoms in total. The normalized spacial score (nSPS) is 39.9. The highest BCUT2D eigenvalue weighted by Gasteiger charge is 2.52. The molecule has 0 bridgehead atoms. The van der Waals surface area contributed by atoms with Gasteiger partial charge in [0.1, 0.15) is 24.9 Å². The number of carbonyl (C=O) groups is 1. The van der Waals surface area contributed by atoms with E-state index in [2.05, 4.69) is 9.62 Å². The average molecular weight is 254 g/mol. The van der Waals surface area contributed by atoms with Crippen LogP contribution in [0.15, 0.2) is 0 Å². The van der Waals surface area contributed by atoms with Gasteiger partial charge in [0.05, 0.1) is 6.10 Å². The van der Waals surface area contributed by atoms with Crippen LogP contribution in [0.25, 0.3) is 0 Å². The monoisotopic (exact) mass is 254 g/mol. The highest BCUT2D eigenvalue weighted by Crippen LogP contribution is 2.29. The molecule has 0 unspecified atom stereocenters. The van der Waals surface area contributed by atoms with E-state index < -0.39 is 49.2 Å². The Morgan fingerprint density at radius 1 is 1.53 bits per heavy atom. The van der Waals surface area contributed by atoms with Gasteiger partial charge in [-0.25, -0.2) is 9.68 Å². The number of aliphatic hydroxyl groups is 4. The number of hydrogen-bond donors (Lipinski definition) is 6. The second-order valence-corrected chi connectivity index (χ2v) is 3.80. The van der Waals surface area contributed by atoms with Crippen molar-refractivity contribution in [1.82, 2.24) is 0 Å². The van der Waals surface area contributed by atoms with Crippen molar-refractivity contribution in [3.63, 3.8) is 0 Å². The number of carboxylic acid groups (broad SMARTS) is 1. The van der Waals surface area contributed by atoms with Gasteiger partial charge in [0.2, 0.25) is 0 Å². The van der Waals surface area contributed by atoms with E-state index >= 15 is 0 Å². The summed E-state index contributed by atoms with van der Waals surface area (Å²) >= 11 is 0. The van der Waals surface area contributed by atoms with Crippen molar-refractivity contribution < 1.29 is 45.2 Å². The highest BCUT2D eigenvalue weighted by molar-refractivity contribution is 5.75. The van der Waals surface area contributed by atoms with Crippen molar-refractivity contribution in [2.24, 2.45) is 0 Å². The maximum atomic E-state index is 10.7. The molecule has 0 spiro atoms. The fourth-order valence-electron chi connectivity index (χ4n) is 1.58. The first-order valence-electron chi connectivity index (χ1n) is 4.76. The molecule has 1 heterocycles. The highest BCUT2D eigenvalue weighted by atomic mass is 17.1. The third kappa shape index (κ3) is 2.90. The minimum absolute atomic E-state index is 0.676. The molecule has 100 valence electrons. The van der Waals surface area contributed by atoms with E-state index in [1.807, 2.05) is 0 Å². The summed E-state index contributed by atoms with van der Waals surface area (Å²) < 4.78 is 4.64. The summed E-state index contributed by atoms with van der Waals surface area (Å²) in [6.45, 7) is -0.676. The molecule has 0 radical (unpaired) electrons. The molecule has 5 atom stereocenters. The van der Waals surface area contributed by atoms with Gasteiger partial charge >= 0.3 is 5.97 Å². The molecule has 1 aliphatic rings. The molecule has 0 saturated carbocycles. The maximum absolute atomic E-state index is 10.7. The van der Waals surface area contributed by atoms with Crippen molar-refractivity contribution in [3.05, 3.63) is 0 Å². The third-order valence-corrected chi connectivity index (χ3v) is 2.51. The Morgan fingerprint density at radius 3 is 2.59 bits per heavy atom. The molecule has 0 aromatic carbocycles. The first-order valence-corrected chi connectivity index (χ1v) is 4.76. The van der Waals surface area contributed by atoms with Gasteiger partial charge in [-0.1, -0.05) is 0 Å². The Morgan fingerprint density at radius 2 is 2.12 bits per heavy atom. The lowest BCUT2D eigenvalue weighted by molar-refractivity contribution is -0.323. The Kier molecular flexibility index (Phi) is 4.38. The maximum Gasteiger partial charge on any atom is 0.364 e. The third-order valence-electron chi connectivity index (χ3n) is 2.51. The lowest BCUT2D eigenvalue weighted by Crippen LogP contribution is -2.61. The van der Waals surface area contributed by atoms with Gasteiger partial charge in [0, 0.05) is 6.42 Å². The minimum atomic E-state index is -2.71. The second-order valence-electron chi connectivity index (χ2n) is 3.80. The Hall–Kier alpha value is -0.810. The van der Waals surface area contributed by atoms with E-state index in [9.17, 15) is 25.2 Å². The van der Waals surface area contributed by atoms with Crippen LogP contribution < -0.4 is 0 Å². The Balaban J connectivity index is 2.85. The van der Waals surface area contributed by atoms with Crippen molar-refractivity contribution in [2.45, 2.75) is 36.6 Å². The van der Waals surface area contributed by atoms with Crippen LogP contribution in [0.2, 0.25) is 0 Å². The summed E-state index contributed by atoms with van der Waals surface area (Å²) in [4.78, 5) is 14.3. The topological polar surface area (TPSA) is 157 Å². The number of rotatable bonds is 4. The zero-order valence-corrected chi connectivity index (χ0v) is 8.63. The van der Waals surface area contributed by atoms with Gasteiger partial charge in [-0.2, -0.15) is 0 Å². The van der Waals surface area contributed by atoms with Crippen LogP contribution in [-0.4, -0.2) is 73.6 Å². The molecule has 0 aliphatic carbocycles. The molecule has 9 heteroatoms. The summed E-state index contributed by atoms with van der Waals surface area (Å²) in [5.74, 6) is -4.47. The predicted molar refractivity (Wildman–Crippen MR) is 48.7 cm³/mol. The zero-order chi connectivity index (χ0) is 13.2. The molecule has 1 aliphatic heterocycles. The van der Waals surface area contributed by atoms with Gasteiger partial charge in [0.15, 0.2) is 0 Å². The van der Waals surface area contributed by atoms with Crippen LogP contribution in [-0.2, 0) is 14.4 Å². The predicted octanol–water partition coefficient (Wildman–Crippen LogP) is -2.88. The van der Waals surface area contributed by atoms with E-state index in [-0.39, 0.29) is 0 Å². The second kappa shape index (κ2) is 5.23. The van der Waals surface area contributed by atoms with E-state index in [1.165, 1.54) is 0 Å². The van der Waals surface area contributed by atoms with Crippen molar-refractivity contribution >= 4 is 5.97 Å². The fraction of sp³-hybridized carbons (Fsp3) is 0.875. The van der Waals surface area contributed by atoms with E-state index in [0.717, 1.165) is 0 Å². The number of aliphatic carboxylic acids is 1. The minimum Gasteiger partial charge on any atom is -0.477 e. The summed E-state index contributed by atoms with van der Waals surface area (Å²) in [5.41, 5.74) is 0. The Labute approximate surface area is 95.4 Å². The molecule has 6 N–H and O–H groups in total. The molecule has 1 fully saturated rings. The van der Waals surface area contributed by atoms with E-state index in [0.29, 0.717) is 0 Å². The van der Waals surface area contributed by atoms with Crippen LogP contribution in [0.5, 0.6) is 0 Å². The molecular formula is C8H14O9. The van der Waals surface area contributed by atoms with Crippen molar-refractivity contribution in [2.75, 3.05) is 6.61 Å². The van der Waals surface area contributed by atoms with Crippen LogP contribution in [0.1, 0.15) is 6.42 Å². The first kappa shape index (κ1) is 14.3. The summed E-state index contributed by atoms with van der Waals surface area (Å²) in [7, 11) is 0. The van der Waals surface area contributed by atoms with Gasteiger partial charge in [-0.15, -0.1) is 0 Å². The summed E-state index contributed by atoms with van der Waals surface area (Å²) in [5, 5.41) is 54.6. The van der Waals surface area contributed by atoms with Gasteiger partial charge < -0.3 is 30.3 Å². The molecule has 0 aromatic rings. The van der Waals surface area contributed by atoms with Crippen molar-refractivity contribution in [3.8, 4) is 0 Å². The Bertz CT molecular complexity index is 282. The average Bonchev–Trinajstić information content (AvgIpc) is 2.23. The molecule has 17 heavy (non-hydrogen) atoms. The first-order chi connectivity index (χ1) is 7.81. The number of carboxylic acids is 1. The lowest BCUT2D eigenvalue weighted by Gasteiger charge is -2.41. The standard InChI is InChI=1S/C8H14O9/c9-3-1-8(14,7(12)13)17-6(5(3)11)4(10)2-16-15/h3-6,9-11,14-15H,1-2H2,(H,12,13)/t3-,4-,5-,6-,8-/m1/s1. The van der Waals surface area contributed by atoms with Gasteiger partial charge in [-0.3, -0.25) is 5.26 Å². The van der Waals surface area contributed by atoms with Gasteiger partial charge in [-0.05, 0) is 0 Å². The van der Waals surface area contributed by atoms with Crippen LogP contribution >= 0.6 is 0 Å². The van der Waals surface area contributed by atoms with Crippen molar-refractivity contribution in [1.29, 1.82) is 0 Å². The van der Waals surface area contributed by atoms with E-state index in [1.54, 1.807) is 0 Å². The largest absolute Gasteiger partial charge is 0.477 e. The van der Waals surface area contributed by atoms with Crippen LogP contribution in [0, 0.1) is 0 Å². The summed E-state index contributed by atoms with van der Waals surface area (Å²) in [6, 6.07) is 0. The van der Waals surface area contributed by atoms with E-state index in [4.69, 9.17) is 10.4 Å². The quantitative estimate of drug-likeness (QED) is 0.229. The number of ether oxygens (including phenoxy) is 1. The lowest BCUT2D eigenvalue weighted by atomic mass is 9.93. The smallest absolute Gasteiger partial charge is 0.364 e. The number of aliphatic hydroxyl groups excluding tert-OH is 3. The van der Waals surface area contributed by atoms with Crippen LogP contribution in [0.4, 0.5) is 0 Å². The van der Waals surface area contributed by atoms with Crippen LogP contribution in [0.3, 0.4) is 0 Å². The molecule has 0 amide bonds. The molecule has 0 aromatic heterocycles. The summed E-state index contributed by atoms with van der Waals surface area (Å²) in [6.07, 6.45) is -7.17. The molecule has 1 saturated heterocycles. The SMILES string of the molecule is O=C(O)[C@@]1(O)C[C@@H](O)[C@@H](O)[C@@H]([C@H](O)COO)O1.